The number of hydrogen-bond acceptors (Lipinski definition) is 7. The van der Waals surface area contributed by atoms with E-state index >= 15 is 0 Å². The van der Waals surface area contributed by atoms with E-state index < -0.39 is 5.56 Å². The number of aromatic amines is 1. The largest absolute Gasteiger partial charge is 0.495 e. The molecular weight excluding hydrogens is 466 g/mol. The van der Waals surface area contributed by atoms with E-state index in [0.717, 1.165) is 11.8 Å². The number of hydrogen-bond donors (Lipinski definition) is 3. The number of anilines is 2. The van der Waals surface area contributed by atoms with Crippen LogP contribution in [0.25, 0.3) is 11.3 Å². The van der Waals surface area contributed by atoms with E-state index in [-0.39, 0.29) is 34.3 Å². The Bertz CT molecular complexity index is 1230. The zero-order valence-corrected chi connectivity index (χ0v) is 19.7. The predicted molar refractivity (Wildman–Crippen MR) is 129 cm³/mol. The van der Waals surface area contributed by atoms with Crippen LogP contribution in [-0.2, 0) is 9.59 Å². The smallest absolute Gasteiger partial charge is 0.278 e. The summed E-state index contributed by atoms with van der Waals surface area (Å²) in [4.78, 5) is 39.6. The number of H-pyrrole nitrogens is 1. The molecule has 0 unspecified atom stereocenters. The molecule has 1 aromatic heterocycles. The van der Waals surface area contributed by atoms with Crippen molar-refractivity contribution in [1.82, 2.24) is 15.2 Å². The molecule has 172 valence electrons. The van der Waals surface area contributed by atoms with Gasteiger partial charge in [-0.3, -0.25) is 19.4 Å². The number of halogens is 1. The molecule has 0 radical (unpaired) electrons. The molecule has 1 heterocycles. The summed E-state index contributed by atoms with van der Waals surface area (Å²) in [5, 5.41) is 14.1. The average Bonchev–Trinajstić information content (AvgIpc) is 2.78. The van der Waals surface area contributed by atoms with Crippen molar-refractivity contribution >= 4 is 46.6 Å². The number of carbonyl (C=O) groups excluding carboxylic acids is 2. The molecule has 0 aliphatic heterocycles. The van der Waals surface area contributed by atoms with Crippen LogP contribution in [0.15, 0.2) is 52.4 Å². The molecule has 0 aliphatic rings. The van der Waals surface area contributed by atoms with Crippen LogP contribution in [-0.4, -0.2) is 39.9 Å². The summed E-state index contributed by atoms with van der Waals surface area (Å²) in [6, 6.07) is 11.7. The summed E-state index contributed by atoms with van der Waals surface area (Å²) in [6.45, 7) is 3.55. The number of nitrogens with one attached hydrogen (secondary N) is 3. The monoisotopic (exact) mass is 487 g/mol. The lowest BCUT2D eigenvalue weighted by atomic mass is 10.1. The number of benzene rings is 2. The van der Waals surface area contributed by atoms with Crippen molar-refractivity contribution in [3.63, 3.8) is 0 Å². The van der Waals surface area contributed by atoms with Gasteiger partial charge in [0.2, 0.25) is 11.8 Å². The number of rotatable bonds is 8. The molecule has 9 nitrogen and oxygen atoms in total. The van der Waals surface area contributed by atoms with E-state index in [1.807, 2.05) is 0 Å². The number of amides is 2. The predicted octanol–water partition coefficient (Wildman–Crippen LogP) is 3.82. The quantitative estimate of drug-likeness (QED) is 0.412. The minimum absolute atomic E-state index is 0.00531. The number of aromatic nitrogens is 3. The topological polar surface area (TPSA) is 126 Å². The van der Waals surface area contributed by atoms with Gasteiger partial charge in [0.1, 0.15) is 5.75 Å². The first kappa shape index (κ1) is 24.3. The van der Waals surface area contributed by atoms with Gasteiger partial charge in [-0.15, -0.1) is 10.2 Å². The lowest BCUT2D eigenvalue weighted by molar-refractivity contribution is -0.119. The van der Waals surface area contributed by atoms with Gasteiger partial charge in [0, 0.05) is 17.2 Å². The van der Waals surface area contributed by atoms with Crippen LogP contribution >= 0.6 is 23.4 Å². The van der Waals surface area contributed by atoms with Crippen LogP contribution in [0, 0.1) is 5.92 Å². The Morgan fingerprint density at radius 2 is 1.91 bits per heavy atom. The summed E-state index contributed by atoms with van der Waals surface area (Å²) in [7, 11) is 1.50. The zero-order valence-electron chi connectivity index (χ0n) is 18.1. The van der Waals surface area contributed by atoms with Crippen LogP contribution < -0.4 is 20.9 Å². The molecule has 0 spiro atoms. The van der Waals surface area contributed by atoms with Gasteiger partial charge in [-0.25, -0.2) is 0 Å². The van der Waals surface area contributed by atoms with Gasteiger partial charge in [-0.2, -0.15) is 0 Å². The Hall–Kier alpha value is -3.37. The van der Waals surface area contributed by atoms with Crippen LogP contribution in [0.1, 0.15) is 13.8 Å². The van der Waals surface area contributed by atoms with Gasteiger partial charge in [0.25, 0.3) is 5.56 Å². The molecule has 0 saturated heterocycles. The maximum absolute atomic E-state index is 12.6. The summed E-state index contributed by atoms with van der Waals surface area (Å²) >= 11 is 7.09. The molecule has 33 heavy (non-hydrogen) atoms. The fourth-order valence-corrected chi connectivity index (χ4v) is 3.58. The van der Waals surface area contributed by atoms with E-state index in [0.29, 0.717) is 27.7 Å². The highest BCUT2D eigenvalue weighted by Crippen LogP contribution is 2.27. The minimum Gasteiger partial charge on any atom is -0.495 e. The van der Waals surface area contributed by atoms with Gasteiger partial charge in [-0.1, -0.05) is 55.4 Å². The third kappa shape index (κ3) is 6.33. The molecule has 2 amide bonds. The zero-order chi connectivity index (χ0) is 24.0. The van der Waals surface area contributed by atoms with Gasteiger partial charge in [-0.05, 0) is 24.3 Å². The Balaban J connectivity index is 1.68. The minimum atomic E-state index is -0.485. The average molecular weight is 488 g/mol. The van der Waals surface area contributed by atoms with E-state index in [9.17, 15) is 14.4 Å². The van der Waals surface area contributed by atoms with Crippen molar-refractivity contribution in [2.75, 3.05) is 23.5 Å². The molecule has 2 aromatic carbocycles. The highest BCUT2D eigenvalue weighted by Gasteiger charge is 2.16. The maximum atomic E-state index is 12.6. The van der Waals surface area contributed by atoms with Gasteiger partial charge >= 0.3 is 0 Å². The van der Waals surface area contributed by atoms with Crippen LogP contribution in [0.5, 0.6) is 5.75 Å². The molecule has 11 heteroatoms. The normalized spacial score (nSPS) is 10.7. The first-order chi connectivity index (χ1) is 15.8. The Labute approximate surface area is 199 Å². The standard InChI is InChI=1S/C22H22ClN5O4S/c1-12(2)20(30)25-16-7-5-4-6-14(16)19-21(31)26-22(28-27-19)33-11-18(29)24-13-8-9-17(32-3)15(23)10-13/h4-10,12H,11H2,1-3H3,(H,24,29)(H,25,30)(H,26,28,31). The number of nitrogens with zero attached hydrogens (tertiary/aromatic N) is 2. The lowest BCUT2D eigenvalue weighted by Gasteiger charge is -2.11. The van der Waals surface area contributed by atoms with E-state index in [2.05, 4.69) is 25.8 Å². The number of carbonyl (C=O) groups is 2. The summed E-state index contributed by atoms with van der Waals surface area (Å²) in [5.41, 5.74) is 1.01. The fraction of sp³-hybridized carbons (Fsp3) is 0.227. The molecule has 3 rings (SSSR count). The van der Waals surface area contributed by atoms with Crippen molar-refractivity contribution in [2.24, 2.45) is 5.92 Å². The Kier molecular flexibility index (Phi) is 8.07. The van der Waals surface area contributed by atoms with Gasteiger partial charge < -0.3 is 15.4 Å². The van der Waals surface area contributed by atoms with Crippen molar-refractivity contribution in [3.8, 4) is 17.0 Å². The van der Waals surface area contributed by atoms with Crippen molar-refractivity contribution in [2.45, 2.75) is 19.0 Å². The van der Waals surface area contributed by atoms with E-state index in [1.165, 1.54) is 7.11 Å². The second kappa shape index (κ2) is 11.0. The number of methoxy groups -OCH3 is 1. The number of ether oxygens (including phenoxy) is 1. The van der Waals surface area contributed by atoms with Gasteiger partial charge in [0.15, 0.2) is 10.9 Å². The van der Waals surface area contributed by atoms with Crippen LogP contribution in [0.4, 0.5) is 11.4 Å². The van der Waals surface area contributed by atoms with Crippen molar-refractivity contribution in [3.05, 3.63) is 57.8 Å². The molecule has 0 saturated carbocycles. The van der Waals surface area contributed by atoms with Crippen LogP contribution in [0.3, 0.4) is 0 Å². The molecular formula is C22H22ClN5O4S. The third-order valence-corrected chi connectivity index (χ3v) is 5.58. The van der Waals surface area contributed by atoms with Crippen molar-refractivity contribution < 1.29 is 14.3 Å². The van der Waals surface area contributed by atoms with E-state index in [4.69, 9.17) is 16.3 Å². The molecule has 0 atom stereocenters. The second-order valence-electron chi connectivity index (χ2n) is 7.18. The molecule has 3 N–H and O–H groups in total. The van der Waals surface area contributed by atoms with Crippen LogP contribution in [0.2, 0.25) is 5.02 Å². The molecule has 0 bridgehead atoms. The third-order valence-electron chi connectivity index (χ3n) is 4.42. The SMILES string of the molecule is COc1ccc(NC(=O)CSc2nnc(-c3ccccc3NC(=O)C(C)C)c(=O)[nH]2)cc1Cl. The van der Waals surface area contributed by atoms with E-state index in [1.54, 1.807) is 56.3 Å². The van der Waals surface area contributed by atoms with Gasteiger partial charge in [0.05, 0.1) is 23.6 Å². The molecule has 0 aliphatic carbocycles. The molecule has 0 fully saturated rings. The first-order valence-electron chi connectivity index (χ1n) is 9.92. The highest BCUT2D eigenvalue weighted by molar-refractivity contribution is 7.99. The maximum Gasteiger partial charge on any atom is 0.278 e. The number of thioether (sulfide) groups is 1. The summed E-state index contributed by atoms with van der Waals surface area (Å²) in [5.74, 6) is -0.212. The Morgan fingerprint density at radius 3 is 2.58 bits per heavy atom. The highest BCUT2D eigenvalue weighted by atomic mass is 35.5. The lowest BCUT2D eigenvalue weighted by Crippen LogP contribution is -2.20. The summed E-state index contributed by atoms with van der Waals surface area (Å²) in [6.07, 6.45) is 0. The first-order valence-corrected chi connectivity index (χ1v) is 11.3. The van der Waals surface area contributed by atoms with Crippen molar-refractivity contribution in [1.29, 1.82) is 0 Å². The number of para-hydroxylation sites is 1. The fourth-order valence-electron chi connectivity index (χ4n) is 2.71. The second-order valence-corrected chi connectivity index (χ2v) is 8.55. The Morgan fingerprint density at radius 1 is 1.15 bits per heavy atom. The summed E-state index contributed by atoms with van der Waals surface area (Å²) < 4.78 is 5.08. The molecule has 3 aromatic rings.